The Morgan fingerprint density at radius 2 is 1.31 bits per heavy atom. The van der Waals surface area contributed by atoms with Crippen molar-refractivity contribution < 1.29 is 18.9 Å². The number of aromatic nitrogens is 3. The van der Waals surface area contributed by atoms with Gasteiger partial charge < -0.3 is 18.9 Å². The molecule has 2 heterocycles. The van der Waals surface area contributed by atoms with Crippen molar-refractivity contribution in [1.82, 2.24) is 15.0 Å². The molecule has 0 saturated heterocycles. The summed E-state index contributed by atoms with van der Waals surface area (Å²) in [6.07, 6.45) is 4.30. The zero-order valence-corrected chi connectivity index (χ0v) is 28.6. The van der Waals surface area contributed by atoms with Crippen molar-refractivity contribution in [2.45, 2.75) is 24.9 Å². The van der Waals surface area contributed by atoms with E-state index in [4.69, 9.17) is 18.9 Å². The lowest BCUT2D eigenvalue weighted by Gasteiger charge is -2.38. The Labute approximate surface area is 295 Å². The third-order valence-electron chi connectivity index (χ3n) is 9.97. The number of nitrogens with zero attached hydrogens (tertiary/aromatic N) is 5. The van der Waals surface area contributed by atoms with Crippen LogP contribution in [0.5, 0.6) is 23.0 Å². The standard InChI is InChI=1S/C42H31N5O4/c1-41(2)32-9-7-6-8-28(32)37-30-20-33(49-4)34(50-5)21-31(30)39-29(38(37)41)18-19-42(51-39,26-14-16-27(48-3)17-15-26)25-12-10-24(11-13-25)40-46-35(22-43)45-36(23-44)47-40/h6-21H,1-5H3. The van der Waals surface area contributed by atoms with Gasteiger partial charge in [-0.2, -0.15) is 25.5 Å². The van der Waals surface area contributed by atoms with Gasteiger partial charge in [-0.25, -0.2) is 0 Å². The predicted molar refractivity (Wildman–Crippen MR) is 193 cm³/mol. The van der Waals surface area contributed by atoms with E-state index in [-0.39, 0.29) is 22.9 Å². The summed E-state index contributed by atoms with van der Waals surface area (Å²) in [4.78, 5) is 12.4. The Balaban J connectivity index is 1.38. The topological polar surface area (TPSA) is 123 Å². The molecular formula is C42H31N5O4. The number of rotatable bonds is 6. The van der Waals surface area contributed by atoms with E-state index in [1.165, 1.54) is 16.7 Å². The summed E-state index contributed by atoms with van der Waals surface area (Å²) >= 11 is 0. The molecule has 1 atom stereocenters. The number of nitriles is 2. The van der Waals surface area contributed by atoms with Gasteiger partial charge in [0, 0.05) is 33.1 Å². The molecule has 2 aliphatic rings. The van der Waals surface area contributed by atoms with Crippen molar-refractivity contribution in [3.63, 3.8) is 0 Å². The van der Waals surface area contributed by atoms with Crippen molar-refractivity contribution in [2.75, 3.05) is 21.3 Å². The van der Waals surface area contributed by atoms with E-state index in [9.17, 15) is 10.5 Å². The molecule has 1 aromatic heterocycles. The highest BCUT2D eigenvalue weighted by atomic mass is 16.5. The third-order valence-corrected chi connectivity index (χ3v) is 9.97. The van der Waals surface area contributed by atoms with E-state index in [0.29, 0.717) is 17.1 Å². The van der Waals surface area contributed by atoms with Crippen molar-refractivity contribution in [3.8, 4) is 57.7 Å². The van der Waals surface area contributed by atoms with Crippen molar-refractivity contribution in [3.05, 3.63) is 130 Å². The zero-order chi connectivity index (χ0) is 35.5. The summed E-state index contributed by atoms with van der Waals surface area (Å²) in [7, 11) is 4.93. The summed E-state index contributed by atoms with van der Waals surface area (Å²) in [6, 6.07) is 31.9. The monoisotopic (exact) mass is 669 g/mol. The summed E-state index contributed by atoms with van der Waals surface area (Å²) < 4.78 is 24.6. The number of benzene rings is 5. The maximum Gasteiger partial charge on any atom is 0.236 e. The maximum atomic E-state index is 9.44. The Hall–Kier alpha value is -6.71. The summed E-state index contributed by atoms with van der Waals surface area (Å²) in [6.45, 7) is 4.53. The van der Waals surface area contributed by atoms with Crippen LogP contribution in [0, 0.1) is 22.7 Å². The number of methoxy groups -OCH3 is 3. The SMILES string of the molecule is COc1ccc(C2(c3ccc(-c4nc(C#N)nc(C#N)n4)cc3)C=Cc3c4c(c5cc(OC)c(OC)cc5c3O2)-c2ccccc2C4(C)C)cc1. The fraction of sp³-hybridized carbons (Fsp3) is 0.167. The van der Waals surface area contributed by atoms with Gasteiger partial charge in [0.1, 0.15) is 23.6 Å². The van der Waals surface area contributed by atoms with Gasteiger partial charge in [0.05, 0.1) is 21.3 Å². The van der Waals surface area contributed by atoms with Crippen molar-refractivity contribution in [2.24, 2.45) is 0 Å². The van der Waals surface area contributed by atoms with Crippen LogP contribution in [-0.4, -0.2) is 36.3 Å². The van der Waals surface area contributed by atoms with Crippen LogP contribution >= 0.6 is 0 Å². The van der Waals surface area contributed by atoms with Crippen LogP contribution in [0.3, 0.4) is 0 Å². The van der Waals surface area contributed by atoms with E-state index < -0.39 is 5.60 Å². The molecule has 9 nitrogen and oxygen atoms in total. The van der Waals surface area contributed by atoms with E-state index in [2.05, 4.69) is 71.3 Å². The second kappa shape index (κ2) is 11.7. The Kier molecular flexibility index (Phi) is 7.25. The van der Waals surface area contributed by atoms with E-state index in [0.717, 1.165) is 44.5 Å². The molecule has 8 rings (SSSR count). The van der Waals surface area contributed by atoms with Gasteiger partial charge in [-0.3, -0.25) is 0 Å². The molecule has 0 saturated carbocycles. The first-order valence-corrected chi connectivity index (χ1v) is 16.3. The molecule has 9 heteroatoms. The molecule has 248 valence electrons. The number of hydrogen-bond donors (Lipinski definition) is 0. The highest BCUT2D eigenvalue weighted by molar-refractivity contribution is 6.09. The molecule has 1 aliphatic heterocycles. The van der Waals surface area contributed by atoms with E-state index >= 15 is 0 Å². The first-order valence-electron chi connectivity index (χ1n) is 16.3. The molecule has 1 aliphatic carbocycles. The van der Waals surface area contributed by atoms with E-state index in [1.807, 2.05) is 66.7 Å². The maximum absolute atomic E-state index is 9.44. The second-order valence-corrected chi connectivity index (χ2v) is 12.9. The van der Waals surface area contributed by atoms with Gasteiger partial charge in [0.25, 0.3) is 0 Å². The first-order chi connectivity index (χ1) is 24.8. The van der Waals surface area contributed by atoms with Gasteiger partial charge in [-0.1, -0.05) is 80.6 Å². The second-order valence-electron chi connectivity index (χ2n) is 12.9. The fourth-order valence-electron chi connectivity index (χ4n) is 7.56. The lowest BCUT2D eigenvalue weighted by molar-refractivity contribution is 0.163. The number of hydrogen-bond acceptors (Lipinski definition) is 9. The lowest BCUT2D eigenvalue weighted by atomic mass is 9.76. The quantitative estimate of drug-likeness (QED) is 0.173. The minimum absolute atomic E-state index is 0.123. The largest absolute Gasteiger partial charge is 0.497 e. The molecule has 0 radical (unpaired) electrons. The van der Waals surface area contributed by atoms with Crippen molar-refractivity contribution in [1.29, 1.82) is 10.5 Å². The summed E-state index contributed by atoms with van der Waals surface area (Å²) in [5, 5.41) is 20.8. The molecular weight excluding hydrogens is 638 g/mol. The predicted octanol–water partition coefficient (Wildman–Crippen LogP) is 8.12. The normalized spacial score (nSPS) is 16.2. The zero-order valence-electron chi connectivity index (χ0n) is 28.6. The van der Waals surface area contributed by atoms with Gasteiger partial charge in [-0.05, 0) is 58.0 Å². The average Bonchev–Trinajstić information content (AvgIpc) is 3.43. The molecule has 1 unspecified atom stereocenters. The third kappa shape index (κ3) is 4.70. The summed E-state index contributed by atoms with van der Waals surface area (Å²) in [5.74, 6) is 2.67. The molecule has 0 spiro atoms. The molecule has 0 amide bonds. The highest BCUT2D eigenvalue weighted by Gasteiger charge is 2.44. The van der Waals surface area contributed by atoms with Crippen LogP contribution in [0.25, 0.3) is 39.4 Å². The molecule has 5 aromatic carbocycles. The minimum Gasteiger partial charge on any atom is -0.497 e. The lowest BCUT2D eigenvalue weighted by Crippen LogP contribution is -2.35. The Morgan fingerprint density at radius 3 is 1.92 bits per heavy atom. The average molecular weight is 670 g/mol. The molecule has 0 N–H and O–H groups in total. The minimum atomic E-state index is -1.07. The van der Waals surface area contributed by atoms with Crippen LogP contribution in [0.4, 0.5) is 0 Å². The number of fused-ring (bicyclic) bond motifs is 8. The fourth-order valence-corrected chi connectivity index (χ4v) is 7.56. The van der Waals surface area contributed by atoms with Crippen LogP contribution < -0.4 is 18.9 Å². The van der Waals surface area contributed by atoms with Crippen LogP contribution in [-0.2, 0) is 11.0 Å². The van der Waals surface area contributed by atoms with Crippen LogP contribution in [0.15, 0.2) is 91.0 Å². The van der Waals surface area contributed by atoms with Gasteiger partial charge >= 0.3 is 0 Å². The number of ether oxygens (including phenoxy) is 4. The first kappa shape index (κ1) is 31.6. The molecule has 6 aromatic rings. The van der Waals surface area contributed by atoms with Crippen LogP contribution in [0.2, 0.25) is 0 Å². The van der Waals surface area contributed by atoms with Gasteiger partial charge in [0.2, 0.25) is 11.6 Å². The Bertz CT molecular complexity index is 2480. The van der Waals surface area contributed by atoms with Gasteiger partial charge in [-0.15, -0.1) is 0 Å². The molecule has 0 fully saturated rings. The van der Waals surface area contributed by atoms with E-state index in [1.54, 1.807) is 21.3 Å². The van der Waals surface area contributed by atoms with Crippen LogP contribution in [0.1, 0.15) is 53.3 Å². The smallest absolute Gasteiger partial charge is 0.236 e. The highest BCUT2D eigenvalue weighted by Crippen LogP contribution is 2.59. The Morgan fingerprint density at radius 1 is 0.706 bits per heavy atom. The summed E-state index contributed by atoms with van der Waals surface area (Å²) in [5.41, 5.74) is 6.74. The molecule has 51 heavy (non-hydrogen) atoms. The molecule has 0 bridgehead atoms. The van der Waals surface area contributed by atoms with Gasteiger partial charge in [0.15, 0.2) is 22.9 Å². The van der Waals surface area contributed by atoms with Crippen molar-refractivity contribution >= 4 is 16.8 Å².